The van der Waals surface area contributed by atoms with Crippen molar-refractivity contribution >= 4 is 16.9 Å². The van der Waals surface area contributed by atoms with Gasteiger partial charge in [0.25, 0.3) is 5.91 Å². The molecule has 3 aliphatic rings. The van der Waals surface area contributed by atoms with Crippen LogP contribution in [0, 0.1) is 0 Å². The largest absolute Gasteiger partial charge is 0.372 e. The number of nitrogens with one attached hydrogen (secondary N) is 1. The molecular formula is C22H25N5O3. The highest BCUT2D eigenvalue weighted by molar-refractivity contribution is 5.92. The summed E-state index contributed by atoms with van der Waals surface area (Å²) in [5.74, 6) is 0.982. The first-order chi connectivity index (χ1) is 14.7. The number of aromatic nitrogens is 3. The molecule has 3 aromatic rings. The van der Waals surface area contributed by atoms with Gasteiger partial charge in [0, 0.05) is 31.2 Å². The van der Waals surface area contributed by atoms with Crippen LogP contribution in [0.25, 0.3) is 11.0 Å². The molecule has 8 nitrogen and oxygen atoms in total. The number of aromatic amines is 1. The zero-order valence-corrected chi connectivity index (χ0v) is 16.8. The van der Waals surface area contributed by atoms with Crippen molar-refractivity contribution in [3.05, 3.63) is 48.1 Å². The van der Waals surface area contributed by atoms with E-state index in [9.17, 15) is 4.79 Å². The number of nitrogens with zero attached hydrogens (tertiary/aromatic N) is 4. The van der Waals surface area contributed by atoms with Gasteiger partial charge < -0.3 is 19.1 Å². The predicted octanol–water partition coefficient (Wildman–Crippen LogP) is 2.59. The Balaban J connectivity index is 1.18. The monoisotopic (exact) mass is 407 g/mol. The molecule has 6 rings (SSSR count). The summed E-state index contributed by atoms with van der Waals surface area (Å²) >= 11 is 0. The second kappa shape index (κ2) is 6.92. The number of hydrogen-bond acceptors (Lipinski definition) is 6. The highest BCUT2D eigenvalue weighted by Crippen LogP contribution is 2.44. The molecule has 3 atom stereocenters. The number of amides is 1. The van der Waals surface area contributed by atoms with Gasteiger partial charge in [0.1, 0.15) is 12.1 Å². The summed E-state index contributed by atoms with van der Waals surface area (Å²) in [5.41, 5.74) is 2.30. The van der Waals surface area contributed by atoms with Crippen LogP contribution in [0.1, 0.15) is 42.0 Å². The van der Waals surface area contributed by atoms with Gasteiger partial charge in [-0.15, -0.1) is 0 Å². The molecular weight excluding hydrogens is 382 g/mol. The molecule has 1 amide bonds. The van der Waals surface area contributed by atoms with Crippen LogP contribution in [0.5, 0.6) is 0 Å². The normalized spacial score (nSPS) is 29.1. The first kappa shape index (κ1) is 18.1. The fraction of sp³-hybridized carbons (Fsp3) is 0.500. The Hall–Kier alpha value is -2.71. The van der Waals surface area contributed by atoms with Crippen molar-refractivity contribution in [3.63, 3.8) is 0 Å². The van der Waals surface area contributed by atoms with Crippen molar-refractivity contribution in [2.24, 2.45) is 0 Å². The van der Waals surface area contributed by atoms with Crippen molar-refractivity contribution in [1.29, 1.82) is 0 Å². The molecule has 0 saturated carbocycles. The molecule has 5 heterocycles. The lowest BCUT2D eigenvalue weighted by Gasteiger charge is -2.50. The minimum absolute atomic E-state index is 0.0129. The van der Waals surface area contributed by atoms with Crippen LogP contribution < -0.4 is 0 Å². The Labute approximate surface area is 174 Å². The SMILES string of the molecule is O=C(c1ccon1)N1[C@@H]2CC[C@H]1CC1(C2)CN(Cc2nc3ccccc3[nH]2)CCO1. The van der Waals surface area contributed by atoms with Crippen LogP contribution in [0.4, 0.5) is 0 Å². The lowest BCUT2D eigenvalue weighted by Crippen LogP contribution is -2.60. The molecule has 156 valence electrons. The number of carbonyl (C=O) groups excluding carboxylic acids is 1. The van der Waals surface area contributed by atoms with Gasteiger partial charge in [0.05, 0.1) is 29.8 Å². The minimum atomic E-state index is -0.184. The second-order valence-corrected chi connectivity index (χ2v) is 8.83. The first-order valence-corrected chi connectivity index (χ1v) is 10.7. The first-order valence-electron chi connectivity index (χ1n) is 10.7. The number of hydrogen-bond donors (Lipinski definition) is 1. The van der Waals surface area contributed by atoms with Crippen molar-refractivity contribution in [1.82, 2.24) is 24.9 Å². The molecule has 1 unspecified atom stereocenters. The van der Waals surface area contributed by atoms with E-state index < -0.39 is 0 Å². The number of para-hydroxylation sites is 2. The van der Waals surface area contributed by atoms with E-state index in [1.165, 1.54) is 6.26 Å². The summed E-state index contributed by atoms with van der Waals surface area (Å²) in [6.07, 6.45) is 5.28. The Morgan fingerprint density at radius 2 is 2.03 bits per heavy atom. The Kier molecular flexibility index (Phi) is 4.17. The Morgan fingerprint density at radius 3 is 2.80 bits per heavy atom. The van der Waals surface area contributed by atoms with Crippen molar-refractivity contribution in [2.75, 3.05) is 19.7 Å². The molecule has 1 spiro atoms. The zero-order chi connectivity index (χ0) is 20.1. The van der Waals surface area contributed by atoms with Crippen molar-refractivity contribution in [3.8, 4) is 0 Å². The summed E-state index contributed by atoms with van der Waals surface area (Å²) in [6.45, 7) is 3.28. The van der Waals surface area contributed by atoms with Crippen LogP contribution in [0.2, 0.25) is 0 Å². The van der Waals surface area contributed by atoms with Crippen LogP contribution in [-0.2, 0) is 11.3 Å². The maximum atomic E-state index is 12.9. The number of H-pyrrole nitrogens is 1. The van der Waals surface area contributed by atoms with E-state index in [0.29, 0.717) is 5.69 Å². The molecule has 3 fully saturated rings. The summed E-state index contributed by atoms with van der Waals surface area (Å²) in [4.78, 5) is 25.6. The minimum Gasteiger partial charge on any atom is -0.372 e. The molecule has 0 radical (unpaired) electrons. The summed E-state index contributed by atoms with van der Waals surface area (Å²) in [6, 6.07) is 10.2. The lowest BCUT2D eigenvalue weighted by molar-refractivity contribution is -0.146. The number of carbonyl (C=O) groups is 1. The molecule has 0 aliphatic carbocycles. The van der Waals surface area contributed by atoms with Gasteiger partial charge in [-0.3, -0.25) is 9.69 Å². The van der Waals surface area contributed by atoms with Gasteiger partial charge in [-0.2, -0.15) is 0 Å². The van der Waals surface area contributed by atoms with Crippen LogP contribution in [-0.4, -0.2) is 68.2 Å². The van der Waals surface area contributed by atoms with Gasteiger partial charge in [-0.25, -0.2) is 4.98 Å². The molecule has 8 heteroatoms. The third kappa shape index (κ3) is 3.02. The van der Waals surface area contributed by atoms with Crippen LogP contribution in [0.3, 0.4) is 0 Å². The van der Waals surface area contributed by atoms with Crippen molar-refractivity contribution < 1.29 is 14.1 Å². The van der Waals surface area contributed by atoms with E-state index in [1.54, 1.807) is 6.07 Å². The molecule has 1 aromatic carbocycles. The average molecular weight is 407 g/mol. The fourth-order valence-electron chi connectivity index (χ4n) is 5.69. The average Bonchev–Trinajstić information content (AvgIpc) is 3.46. The van der Waals surface area contributed by atoms with E-state index in [1.807, 2.05) is 23.1 Å². The lowest BCUT2D eigenvalue weighted by atomic mass is 9.84. The van der Waals surface area contributed by atoms with E-state index in [4.69, 9.17) is 14.2 Å². The Bertz CT molecular complexity index is 1010. The van der Waals surface area contributed by atoms with E-state index >= 15 is 0 Å². The van der Waals surface area contributed by atoms with Gasteiger partial charge in [0.15, 0.2) is 5.69 Å². The standard InChI is InChI=1S/C22H25N5O3/c28-21(19-7-9-30-25-19)27-15-5-6-16(27)12-22(11-15)14-26(8-10-29-22)13-20-23-17-3-1-2-4-18(17)24-20/h1-4,7,9,15-16H,5-6,8,10-14H2,(H,23,24)/t15-,16+,22?. The summed E-state index contributed by atoms with van der Waals surface area (Å²) in [7, 11) is 0. The smallest absolute Gasteiger partial charge is 0.276 e. The van der Waals surface area contributed by atoms with E-state index in [0.717, 1.165) is 68.8 Å². The quantitative estimate of drug-likeness (QED) is 0.718. The number of imidazole rings is 1. The second-order valence-electron chi connectivity index (χ2n) is 8.83. The molecule has 3 saturated heterocycles. The molecule has 1 N–H and O–H groups in total. The highest BCUT2D eigenvalue weighted by atomic mass is 16.5. The molecule has 2 aromatic heterocycles. The third-order valence-corrected chi connectivity index (χ3v) is 6.87. The number of morpholine rings is 1. The van der Waals surface area contributed by atoms with Gasteiger partial charge in [0.2, 0.25) is 0 Å². The van der Waals surface area contributed by atoms with Crippen LogP contribution in [0.15, 0.2) is 41.1 Å². The van der Waals surface area contributed by atoms with Gasteiger partial charge >= 0.3 is 0 Å². The highest BCUT2D eigenvalue weighted by Gasteiger charge is 2.52. The Morgan fingerprint density at radius 1 is 1.20 bits per heavy atom. The summed E-state index contributed by atoms with van der Waals surface area (Å²) < 4.78 is 11.3. The maximum Gasteiger partial charge on any atom is 0.276 e. The fourth-order valence-corrected chi connectivity index (χ4v) is 5.69. The van der Waals surface area contributed by atoms with E-state index in [-0.39, 0.29) is 23.6 Å². The molecule has 2 bridgehead atoms. The van der Waals surface area contributed by atoms with Gasteiger partial charge in [-0.1, -0.05) is 17.3 Å². The van der Waals surface area contributed by atoms with Gasteiger partial charge in [-0.05, 0) is 37.8 Å². The molecule has 30 heavy (non-hydrogen) atoms. The van der Waals surface area contributed by atoms with Crippen LogP contribution >= 0.6 is 0 Å². The number of ether oxygens (including phenoxy) is 1. The zero-order valence-electron chi connectivity index (χ0n) is 16.8. The molecule has 3 aliphatic heterocycles. The number of piperidine rings is 1. The maximum absolute atomic E-state index is 12.9. The topological polar surface area (TPSA) is 87.5 Å². The van der Waals surface area contributed by atoms with E-state index in [2.05, 4.69) is 21.1 Å². The third-order valence-electron chi connectivity index (χ3n) is 6.87. The number of rotatable bonds is 3. The van der Waals surface area contributed by atoms with Crippen molar-refractivity contribution in [2.45, 2.75) is 49.9 Å². The predicted molar refractivity (Wildman–Crippen MR) is 109 cm³/mol. The number of fused-ring (bicyclic) bond motifs is 3. The number of benzene rings is 1. The summed E-state index contributed by atoms with van der Waals surface area (Å²) in [5, 5.41) is 3.85.